The fourth-order valence-corrected chi connectivity index (χ4v) is 2.46. The second kappa shape index (κ2) is 5.17. The van der Waals surface area contributed by atoms with Gasteiger partial charge < -0.3 is 4.90 Å². The van der Waals surface area contributed by atoms with E-state index in [4.69, 9.17) is 0 Å². The molecule has 16 heavy (non-hydrogen) atoms. The third-order valence-electron chi connectivity index (χ3n) is 3.09. The van der Waals surface area contributed by atoms with E-state index in [9.17, 15) is 4.79 Å². The van der Waals surface area contributed by atoms with E-state index >= 15 is 0 Å². The lowest BCUT2D eigenvalue weighted by atomic mass is 9.99. The lowest BCUT2D eigenvalue weighted by Crippen LogP contribution is -2.39. The van der Waals surface area contributed by atoms with Gasteiger partial charge in [0, 0.05) is 22.6 Å². The zero-order valence-electron chi connectivity index (χ0n) is 9.45. The largest absolute Gasteiger partial charge is 0.338 e. The van der Waals surface area contributed by atoms with Crippen molar-refractivity contribution in [3.8, 4) is 0 Å². The number of carbonyl (C=O) groups excluding carboxylic acids is 1. The summed E-state index contributed by atoms with van der Waals surface area (Å²) < 4.78 is 1.24. The van der Waals surface area contributed by atoms with Crippen LogP contribution in [0.5, 0.6) is 0 Å². The normalized spacial score (nSPS) is 21.2. The van der Waals surface area contributed by atoms with Crippen LogP contribution in [0.15, 0.2) is 24.3 Å². The minimum absolute atomic E-state index is 0.206. The smallest absolute Gasteiger partial charge is 0.225 e. The lowest BCUT2D eigenvalue weighted by Gasteiger charge is -2.30. The molecule has 1 unspecified atom stereocenters. The van der Waals surface area contributed by atoms with Gasteiger partial charge in [-0.1, -0.05) is 19.1 Å². The molecule has 0 N–H and O–H groups in total. The van der Waals surface area contributed by atoms with Crippen molar-refractivity contribution in [3.63, 3.8) is 0 Å². The summed E-state index contributed by atoms with van der Waals surface area (Å²) in [6.07, 6.45) is 2.18. The summed E-state index contributed by atoms with van der Waals surface area (Å²) in [7, 11) is 0. The lowest BCUT2D eigenvalue weighted by molar-refractivity contribution is -0.138. The van der Waals surface area contributed by atoms with Gasteiger partial charge in [-0.2, -0.15) is 0 Å². The van der Waals surface area contributed by atoms with Gasteiger partial charge in [-0.15, -0.1) is 0 Å². The predicted molar refractivity (Wildman–Crippen MR) is 73.0 cm³/mol. The fourth-order valence-electron chi connectivity index (χ4n) is 2.10. The van der Waals surface area contributed by atoms with E-state index in [0.29, 0.717) is 5.91 Å². The van der Waals surface area contributed by atoms with Crippen molar-refractivity contribution in [1.82, 2.24) is 4.90 Å². The molecule has 1 amide bonds. The zero-order valence-corrected chi connectivity index (χ0v) is 11.6. The molecular weight excluding hydrogens is 313 g/mol. The number of hydrogen-bond donors (Lipinski definition) is 0. The predicted octanol–water partition coefficient (Wildman–Crippen LogP) is 3.05. The Morgan fingerprint density at radius 3 is 2.75 bits per heavy atom. The maximum absolute atomic E-state index is 11.9. The van der Waals surface area contributed by atoms with Gasteiger partial charge in [-0.3, -0.25) is 4.79 Å². The van der Waals surface area contributed by atoms with Gasteiger partial charge in [0.25, 0.3) is 0 Å². The first-order valence-corrected chi connectivity index (χ1v) is 6.78. The molecule has 0 aromatic heterocycles. The van der Waals surface area contributed by atoms with Crippen LogP contribution in [0, 0.1) is 9.49 Å². The molecule has 2 rings (SSSR count). The summed E-state index contributed by atoms with van der Waals surface area (Å²) in [4.78, 5) is 13.9. The van der Waals surface area contributed by atoms with E-state index in [2.05, 4.69) is 46.9 Å². The SMILES string of the molecule is CC1CCCN(Cc2ccc(I)cc2)C1=O. The first kappa shape index (κ1) is 11.9. The highest BCUT2D eigenvalue weighted by Gasteiger charge is 2.24. The fraction of sp³-hybridized carbons (Fsp3) is 0.462. The Kier molecular flexibility index (Phi) is 3.84. The van der Waals surface area contributed by atoms with Crippen molar-refractivity contribution >= 4 is 28.5 Å². The number of hydrogen-bond acceptors (Lipinski definition) is 1. The first-order valence-electron chi connectivity index (χ1n) is 5.70. The summed E-state index contributed by atoms with van der Waals surface area (Å²) in [6, 6.07) is 8.39. The van der Waals surface area contributed by atoms with Gasteiger partial charge in [-0.25, -0.2) is 0 Å². The van der Waals surface area contributed by atoms with Crippen LogP contribution in [-0.2, 0) is 11.3 Å². The van der Waals surface area contributed by atoms with Crippen molar-refractivity contribution in [2.24, 2.45) is 5.92 Å². The van der Waals surface area contributed by atoms with Crippen LogP contribution in [0.4, 0.5) is 0 Å². The number of amides is 1. The van der Waals surface area contributed by atoms with E-state index in [-0.39, 0.29) is 5.92 Å². The molecule has 1 fully saturated rings. The van der Waals surface area contributed by atoms with Crippen LogP contribution in [0.25, 0.3) is 0 Å². The number of likely N-dealkylation sites (tertiary alicyclic amines) is 1. The molecule has 2 nitrogen and oxygen atoms in total. The third-order valence-corrected chi connectivity index (χ3v) is 3.80. The van der Waals surface area contributed by atoms with Gasteiger partial charge in [0.1, 0.15) is 0 Å². The average molecular weight is 329 g/mol. The number of piperidine rings is 1. The molecule has 1 aliphatic heterocycles. The van der Waals surface area contributed by atoms with Crippen molar-refractivity contribution < 1.29 is 4.79 Å². The summed E-state index contributed by atoms with van der Waals surface area (Å²) in [6.45, 7) is 3.71. The van der Waals surface area contributed by atoms with Crippen LogP contribution in [0.2, 0.25) is 0 Å². The Hall–Kier alpha value is -0.580. The standard InChI is InChI=1S/C13H16INO/c1-10-3-2-8-15(13(10)16)9-11-4-6-12(14)7-5-11/h4-7,10H,2-3,8-9H2,1H3. The van der Waals surface area contributed by atoms with Gasteiger partial charge in [-0.05, 0) is 53.1 Å². The number of carbonyl (C=O) groups is 1. The Morgan fingerprint density at radius 2 is 2.06 bits per heavy atom. The average Bonchev–Trinajstić information content (AvgIpc) is 2.28. The van der Waals surface area contributed by atoms with E-state index in [1.807, 2.05) is 11.8 Å². The van der Waals surface area contributed by atoms with Crippen LogP contribution in [0.3, 0.4) is 0 Å². The van der Waals surface area contributed by atoms with E-state index < -0.39 is 0 Å². The molecule has 1 atom stereocenters. The minimum Gasteiger partial charge on any atom is -0.338 e. The van der Waals surface area contributed by atoms with Gasteiger partial charge in [0.2, 0.25) is 5.91 Å². The molecule has 0 saturated carbocycles. The molecule has 86 valence electrons. The highest BCUT2D eigenvalue weighted by molar-refractivity contribution is 14.1. The van der Waals surface area contributed by atoms with Crippen LogP contribution in [0.1, 0.15) is 25.3 Å². The second-order valence-corrected chi connectivity index (χ2v) is 5.68. The minimum atomic E-state index is 0.206. The van der Waals surface area contributed by atoms with Crippen molar-refractivity contribution in [2.75, 3.05) is 6.54 Å². The summed E-state index contributed by atoms with van der Waals surface area (Å²) in [5.74, 6) is 0.516. The van der Waals surface area contributed by atoms with Crippen LogP contribution < -0.4 is 0 Å². The number of halogens is 1. The molecular formula is C13H16INO. The van der Waals surface area contributed by atoms with Crippen molar-refractivity contribution in [1.29, 1.82) is 0 Å². The van der Waals surface area contributed by atoms with Crippen molar-refractivity contribution in [3.05, 3.63) is 33.4 Å². The van der Waals surface area contributed by atoms with E-state index in [1.165, 1.54) is 9.13 Å². The summed E-state index contributed by atoms with van der Waals surface area (Å²) >= 11 is 2.29. The highest BCUT2D eigenvalue weighted by atomic mass is 127. The number of benzene rings is 1. The monoisotopic (exact) mass is 329 g/mol. The van der Waals surface area contributed by atoms with Crippen molar-refractivity contribution in [2.45, 2.75) is 26.3 Å². The Morgan fingerprint density at radius 1 is 1.38 bits per heavy atom. The number of nitrogens with zero attached hydrogens (tertiary/aromatic N) is 1. The summed E-state index contributed by atoms with van der Waals surface area (Å²) in [5, 5.41) is 0. The molecule has 1 aromatic carbocycles. The maximum Gasteiger partial charge on any atom is 0.225 e. The molecule has 0 aliphatic carbocycles. The Balaban J connectivity index is 2.03. The van der Waals surface area contributed by atoms with Gasteiger partial charge in [0.05, 0.1) is 0 Å². The molecule has 0 radical (unpaired) electrons. The zero-order chi connectivity index (χ0) is 11.5. The van der Waals surface area contributed by atoms with Crippen LogP contribution >= 0.6 is 22.6 Å². The van der Waals surface area contributed by atoms with Gasteiger partial charge >= 0.3 is 0 Å². The molecule has 1 aliphatic rings. The summed E-state index contributed by atoms with van der Waals surface area (Å²) in [5.41, 5.74) is 1.22. The third kappa shape index (κ3) is 2.75. The molecule has 0 bridgehead atoms. The Labute approximate surface area is 110 Å². The molecule has 1 saturated heterocycles. The topological polar surface area (TPSA) is 20.3 Å². The second-order valence-electron chi connectivity index (χ2n) is 4.43. The first-order chi connectivity index (χ1) is 7.66. The molecule has 0 spiro atoms. The van der Waals surface area contributed by atoms with Gasteiger partial charge in [0.15, 0.2) is 0 Å². The van der Waals surface area contributed by atoms with E-state index in [0.717, 1.165) is 25.9 Å². The van der Waals surface area contributed by atoms with Crippen LogP contribution in [-0.4, -0.2) is 17.4 Å². The van der Waals surface area contributed by atoms with E-state index in [1.54, 1.807) is 0 Å². The maximum atomic E-state index is 11.9. The molecule has 1 heterocycles. The number of rotatable bonds is 2. The quantitative estimate of drug-likeness (QED) is 0.764. The molecule has 3 heteroatoms. The Bertz CT molecular complexity index is 374. The molecule has 1 aromatic rings. The highest BCUT2D eigenvalue weighted by Crippen LogP contribution is 2.19.